The number of hydrogen-bond donors (Lipinski definition) is 3. The molecule has 120 valence electrons. The molecule has 0 aromatic carbocycles. The van der Waals surface area contributed by atoms with Crippen molar-refractivity contribution >= 4 is 28.3 Å². The molecular weight excluding hydrogens is 318 g/mol. The summed E-state index contributed by atoms with van der Waals surface area (Å²) in [6.07, 6.45) is 2.18. The number of amides is 1. The van der Waals surface area contributed by atoms with Gasteiger partial charge in [0.15, 0.2) is 5.76 Å². The maximum Gasteiger partial charge on any atom is 0.287 e. The Labute approximate surface area is 130 Å². The summed E-state index contributed by atoms with van der Waals surface area (Å²) in [5.74, 6) is 0.0129. The zero-order valence-electron chi connectivity index (χ0n) is 11.7. The molecule has 0 spiro atoms. The number of rotatable bonds is 5. The van der Waals surface area contributed by atoms with Gasteiger partial charge in [0.2, 0.25) is 5.09 Å². The molecule has 7 nitrogen and oxygen atoms in total. The molecule has 1 aromatic rings. The average molecular weight is 338 g/mol. The minimum atomic E-state index is -3.65. The van der Waals surface area contributed by atoms with Gasteiger partial charge in [-0.15, -0.1) is 12.4 Å². The Morgan fingerprint density at radius 3 is 2.86 bits per heavy atom. The van der Waals surface area contributed by atoms with E-state index in [2.05, 4.69) is 15.4 Å². The lowest BCUT2D eigenvalue weighted by Gasteiger charge is -2.22. The molecule has 0 bridgehead atoms. The van der Waals surface area contributed by atoms with Gasteiger partial charge in [-0.05, 0) is 51.0 Å². The lowest BCUT2D eigenvalue weighted by molar-refractivity contribution is 0.0911. The van der Waals surface area contributed by atoms with Crippen molar-refractivity contribution in [1.29, 1.82) is 0 Å². The van der Waals surface area contributed by atoms with Gasteiger partial charge in [0.05, 0.1) is 0 Å². The van der Waals surface area contributed by atoms with Gasteiger partial charge in [0.25, 0.3) is 15.9 Å². The fourth-order valence-electron chi connectivity index (χ4n) is 2.11. The number of halogens is 1. The standard InChI is InChI=1S/C12H19N3O4S.ClH/c1-13-20(17,18)11-5-4-10(19-11)12(16)15-8-9-3-2-6-14-7-9;/h4-5,9,13-14H,2-3,6-8H2,1H3,(H,15,16);1H. The summed E-state index contributed by atoms with van der Waals surface area (Å²) in [5, 5.41) is 5.77. The van der Waals surface area contributed by atoms with Crippen LogP contribution in [0.2, 0.25) is 0 Å². The van der Waals surface area contributed by atoms with Crippen molar-refractivity contribution < 1.29 is 17.6 Å². The Morgan fingerprint density at radius 2 is 2.24 bits per heavy atom. The van der Waals surface area contributed by atoms with Gasteiger partial charge in [0, 0.05) is 6.54 Å². The Balaban J connectivity index is 0.00000220. The van der Waals surface area contributed by atoms with Crippen LogP contribution in [0.3, 0.4) is 0 Å². The van der Waals surface area contributed by atoms with Gasteiger partial charge in [-0.1, -0.05) is 0 Å². The highest BCUT2D eigenvalue weighted by Gasteiger charge is 2.20. The molecule has 1 aliphatic heterocycles. The van der Waals surface area contributed by atoms with Crippen molar-refractivity contribution in [3.63, 3.8) is 0 Å². The number of carbonyl (C=O) groups is 1. The maximum atomic E-state index is 11.9. The highest BCUT2D eigenvalue weighted by molar-refractivity contribution is 7.89. The van der Waals surface area contributed by atoms with E-state index < -0.39 is 15.9 Å². The second kappa shape index (κ2) is 7.79. The summed E-state index contributed by atoms with van der Waals surface area (Å²) in [4.78, 5) is 11.9. The van der Waals surface area contributed by atoms with E-state index in [9.17, 15) is 13.2 Å². The van der Waals surface area contributed by atoms with Gasteiger partial charge in [-0.25, -0.2) is 13.1 Å². The first-order valence-corrected chi connectivity index (χ1v) is 8.03. The van der Waals surface area contributed by atoms with Gasteiger partial charge < -0.3 is 15.1 Å². The Bertz CT molecular complexity index is 567. The van der Waals surface area contributed by atoms with Crippen LogP contribution in [0.5, 0.6) is 0 Å². The Kier molecular flexibility index (Phi) is 6.66. The van der Waals surface area contributed by atoms with Crippen LogP contribution in [0.15, 0.2) is 21.6 Å². The minimum Gasteiger partial charge on any atom is -0.438 e. The van der Waals surface area contributed by atoms with Crippen LogP contribution in [0.4, 0.5) is 0 Å². The van der Waals surface area contributed by atoms with Crippen LogP contribution in [0.1, 0.15) is 23.4 Å². The molecule has 3 N–H and O–H groups in total. The summed E-state index contributed by atoms with van der Waals surface area (Å²) < 4.78 is 30.2. The van der Waals surface area contributed by atoms with Gasteiger partial charge in [0.1, 0.15) is 0 Å². The molecule has 1 saturated heterocycles. The Morgan fingerprint density at radius 1 is 1.48 bits per heavy atom. The molecule has 0 saturated carbocycles. The molecule has 0 aliphatic carbocycles. The van der Waals surface area contributed by atoms with Crippen molar-refractivity contribution in [3.8, 4) is 0 Å². The summed E-state index contributed by atoms with van der Waals surface area (Å²) in [5.41, 5.74) is 0. The predicted octanol–water partition coefficient (Wildman–Crippen LogP) is 0.339. The topological polar surface area (TPSA) is 100 Å². The fraction of sp³-hybridized carbons (Fsp3) is 0.583. The smallest absolute Gasteiger partial charge is 0.287 e. The molecule has 1 fully saturated rings. The molecule has 1 aliphatic rings. The zero-order chi connectivity index (χ0) is 14.6. The number of piperidine rings is 1. The van der Waals surface area contributed by atoms with Crippen LogP contribution in [-0.4, -0.2) is 41.0 Å². The fourth-order valence-corrected chi connectivity index (χ4v) is 2.76. The lowest BCUT2D eigenvalue weighted by Crippen LogP contribution is -2.38. The first-order chi connectivity index (χ1) is 9.53. The van der Waals surface area contributed by atoms with Gasteiger partial charge in [-0.3, -0.25) is 4.79 Å². The van der Waals surface area contributed by atoms with Crippen LogP contribution in [0.25, 0.3) is 0 Å². The van der Waals surface area contributed by atoms with E-state index in [0.717, 1.165) is 25.9 Å². The van der Waals surface area contributed by atoms with E-state index in [1.807, 2.05) is 0 Å². The summed E-state index contributed by atoms with van der Waals surface area (Å²) in [6.45, 7) is 2.46. The summed E-state index contributed by atoms with van der Waals surface area (Å²) >= 11 is 0. The van der Waals surface area contributed by atoms with Crippen molar-refractivity contribution in [2.75, 3.05) is 26.7 Å². The van der Waals surface area contributed by atoms with Crippen LogP contribution in [0, 0.1) is 5.92 Å². The third-order valence-corrected chi connectivity index (χ3v) is 4.58. The Hall–Kier alpha value is -1.09. The molecule has 0 radical (unpaired) electrons. The van der Waals surface area contributed by atoms with E-state index in [1.54, 1.807) is 0 Å². The molecule has 21 heavy (non-hydrogen) atoms. The highest BCUT2D eigenvalue weighted by Crippen LogP contribution is 2.14. The second-order valence-corrected chi connectivity index (χ2v) is 6.57. The largest absolute Gasteiger partial charge is 0.438 e. The highest BCUT2D eigenvalue weighted by atomic mass is 35.5. The molecule has 2 heterocycles. The quantitative estimate of drug-likeness (QED) is 0.719. The average Bonchev–Trinajstić information content (AvgIpc) is 2.96. The van der Waals surface area contributed by atoms with Crippen LogP contribution in [-0.2, 0) is 10.0 Å². The van der Waals surface area contributed by atoms with Gasteiger partial charge >= 0.3 is 0 Å². The first kappa shape index (κ1) is 18.0. The predicted molar refractivity (Wildman–Crippen MR) is 80.1 cm³/mol. The molecular formula is C12H20ClN3O4S. The van der Waals surface area contributed by atoms with Crippen molar-refractivity contribution in [2.45, 2.75) is 17.9 Å². The maximum absolute atomic E-state index is 11.9. The summed E-state index contributed by atoms with van der Waals surface area (Å²) in [7, 11) is -2.37. The monoisotopic (exact) mass is 337 g/mol. The van der Waals surface area contributed by atoms with E-state index >= 15 is 0 Å². The van der Waals surface area contributed by atoms with Crippen molar-refractivity contribution in [2.24, 2.45) is 5.92 Å². The van der Waals surface area contributed by atoms with E-state index in [0.29, 0.717) is 12.5 Å². The minimum absolute atomic E-state index is 0. The third-order valence-electron chi connectivity index (χ3n) is 3.29. The lowest BCUT2D eigenvalue weighted by atomic mass is 10.00. The van der Waals surface area contributed by atoms with E-state index in [-0.39, 0.29) is 23.3 Å². The molecule has 9 heteroatoms. The number of sulfonamides is 1. The number of furan rings is 1. The molecule has 2 rings (SSSR count). The van der Waals surface area contributed by atoms with Crippen LogP contribution >= 0.6 is 12.4 Å². The van der Waals surface area contributed by atoms with E-state index in [1.165, 1.54) is 19.2 Å². The third kappa shape index (κ3) is 4.70. The van der Waals surface area contributed by atoms with Gasteiger partial charge in [-0.2, -0.15) is 0 Å². The number of nitrogens with one attached hydrogen (secondary N) is 3. The van der Waals surface area contributed by atoms with Crippen molar-refractivity contribution in [1.82, 2.24) is 15.4 Å². The number of hydrogen-bond acceptors (Lipinski definition) is 5. The molecule has 1 aromatic heterocycles. The summed E-state index contributed by atoms with van der Waals surface area (Å²) in [6, 6.07) is 2.63. The van der Waals surface area contributed by atoms with Crippen LogP contribution < -0.4 is 15.4 Å². The van der Waals surface area contributed by atoms with E-state index in [4.69, 9.17) is 4.42 Å². The zero-order valence-corrected chi connectivity index (χ0v) is 13.4. The molecule has 1 amide bonds. The molecule has 1 unspecified atom stereocenters. The SMILES string of the molecule is CNS(=O)(=O)c1ccc(C(=O)NCC2CCCNC2)o1.Cl. The number of carbonyl (C=O) groups excluding carboxylic acids is 1. The second-order valence-electron chi connectivity index (χ2n) is 4.75. The normalized spacial score (nSPS) is 18.8. The first-order valence-electron chi connectivity index (χ1n) is 6.55. The van der Waals surface area contributed by atoms with Crippen molar-refractivity contribution in [3.05, 3.63) is 17.9 Å². The molecule has 1 atom stereocenters.